The van der Waals surface area contributed by atoms with E-state index in [2.05, 4.69) is 42.6 Å². The van der Waals surface area contributed by atoms with Gasteiger partial charge in [0.05, 0.1) is 14.3 Å². The number of halogens is 1. The zero-order valence-corrected chi connectivity index (χ0v) is 19.0. The first-order valence-corrected chi connectivity index (χ1v) is 12.1. The molecule has 2 heterocycles. The Balaban J connectivity index is 2.34. The number of hydrogen-bond acceptors (Lipinski definition) is 3. The number of nitrogens with zero attached hydrogens (tertiary/aromatic N) is 3. The van der Waals surface area contributed by atoms with Crippen molar-refractivity contribution in [3.05, 3.63) is 47.7 Å². The van der Waals surface area contributed by atoms with Crippen molar-refractivity contribution >= 4 is 29.8 Å². The number of aromatic nitrogens is 1. The van der Waals surface area contributed by atoms with Crippen molar-refractivity contribution < 1.29 is 4.74 Å². The van der Waals surface area contributed by atoms with E-state index in [-0.39, 0.29) is 5.16 Å². The van der Waals surface area contributed by atoms with Crippen molar-refractivity contribution in [3.63, 3.8) is 0 Å². The first kappa shape index (κ1) is 21.4. The molecule has 0 spiro atoms. The van der Waals surface area contributed by atoms with Crippen molar-refractivity contribution in [1.29, 1.82) is 0 Å². The highest BCUT2D eigenvalue weighted by Gasteiger charge is 2.41. The van der Waals surface area contributed by atoms with Crippen molar-refractivity contribution in [1.82, 2.24) is 9.65 Å². The van der Waals surface area contributed by atoms with Gasteiger partial charge in [0.1, 0.15) is 11.4 Å². The third kappa shape index (κ3) is 4.30. The summed E-state index contributed by atoms with van der Waals surface area (Å²) in [6, 6.07) is 9.98. The van der Waals surface area contributed by atoms with Gasteiger partial charge in [0, 0.05) is 41.0 Å². The lowest BCUT2D eigenvalue weighted by Gasteiger charge is -2.45. The Kier molecular flexibility index (Phi) is 6.85. The number of ether oxygens (including phenoxy) is 1. The van der Waals surface area contributed by atoms with E-state index in [0.717, 1.165) is 24.5 Å². The van der Waals surface area contributed by atoms with Crippen LogP contribution in [0.25, 0.3) is 0 Å². The van der Waals surface area contributed by atoms with E-state index >= 15 is 0 Å². The minimum absolute atomic E-state index is 0.0496. The van der Waals surface area contributed by atoms with E-state index in [9.17, 15) is 0 Å². The number of benzene rings is 1. The molecule has 0 saturated carbocycles. The van der Waals surface area contributed by atoms with E-state index < -0.39 is 7.21 Å². The van der Waals surface area contributed by atoms with E-state index in [4.69, 9.17) is 21.1 Å². The Hall–Kier alpha value is -1.35. The summed E-state index contributed by atoms with van der Waals surface area (Å²) >= 11 is 6.35. The van der Waals surface area contributed by atoms with Crippen molar-refractivity contribution in [2.75, 3.05) is 20.2 Å². The average Bonchev–Trinajstić information content (AvgIpc) is 2.95. The molecule has 1 aromatic carbocycles. The van der Waals surface area contributed by atoms with Crippen LogP contribution in [0.15, 0.2) is 47.5 Å². The summed E-state index contributed by atoms with van der Waals surface area (Å²) in [5.74, 6) is 0.766. The number of hydrogen-bond donors (Lipinski definition) is 0. The van der Waals surface area contributed by atoms with Gasteiger partial charge in [-0.2, -0.15) is 0 Å². The summed E-state index contributed by atoms with van der Waals surface area (Å²) in [5.41, 5.74) is 0.833. The maximum atomic E-state index is 6.35. The molecule has 0 bridgehead atoms. The highest BCUT2D eigenvalue weighted by molar-refractivity contribution is 7.73. The second kappa shape index (κ2) is 8.98. The van der Waals surface area contributed by atoms with Gasteiger partial charge < -0.3 is 4.74 Å². The standard InChI is InChI=1S/C22H31ClN3OP/c1-22(2,3)28(19-11-13-24-14-12-19,26-15-7-5-6-8-16-26)25-20-17-18(23)9-10-21(20)27-4/h9-14,17H,5-8,15-16H2,1-4H3/t28-/m1/s1. The molecule has 1 aliphatic rings. The molecule has 0 radical (unpaired) electrons. The van der Waals surface area contributed by atoms with Crippen LogP contribution in [-0.4, -0.2) is 35.0 Å². The largest absolute Gasteiger partial charge is 0.494 e. The fourth-order valence-electron chi connectivity index (χ4n) is 4.04. The zero-order valence-electron chi connectivity index (χ0n) is 17.4. The lowest BCUT2D eigenvalue weighted by atomic mass is 10.2. The lowest BCUT2D eigenvalue weighted by molar-refractivity contribution is 0.416. The second-order valence-corrected chi connectivity index (χ2v) is 12.5. The topological polar surface area (TPSA) is 37.7 Å². The molecule has 2 aromatic rings. The molecule has 1 aromatic heterocycles. The van der Waals surface area contributed by atoms with Gasteiger partial charge in [0.2, 0.25) is 0 Å². The summed E-state index contributed by atoms with van der Waals surface area (Å²) in [7, 11) is -0.445. The predicted octanol–water partition coefficient (Wildman–Crippen LogP) is 6.49. The third-order valence-corrected chi connectivity index (χ3v) is 10.2. The van der Waals surface area contributed by atoms with Crippen LogP contribution >= 0.6 is 18.8 Å². The van der Waals surface area contributed by atoms with Crippen LogP contribution in [0.1, 0.15) is 46.5 Å². The van der Waals surface area contributed by atoms with Crippen LogP contribution < -0.4 is 10.0 Å². The van der Waals surface area contributed by atoms with Gasteiger partial charge in [0.15, 0.2) is 0 Å². The molecule has 1 saturated heterocycles. The Morgan fingerprint density at radius 1 is 1.04 bits per heavy atom. The van der Waals surface area contributed by atoms with Crippen LogP contribution in [0.2, 0.25) is 5.02 Å². The number of pyridine rings is 1. The molecule has 0 N–H and O–H groups in total. The molecule has 152 valence electrons. The molecule has 6 heteroatoms. The molecule has 0 amide bonds. The van der Waals surface area contributed by atoms with Crippen LogP contribution in [0.4, 0.5) is 5.69 Å². The smallest absolute Gasteiger partial charge is 0.144 e. The highest BCUT2D eigenvalue weighted by Crippen LogP contribution is 2.65. The van der Waals surface area contributed by atoms with Crippen molar-refractivity contribution in [2.24, 2.45) is 4.74 Å². The van der Waals surface area contributed by atoms with Crippen LogP contribution in [0.3, 0.4) is 0 Å². The molecule has 1 fully saturated rings. The van der Waals surface area contributed by atoms with Crippen LogP contribution in [0, 0.1) is 0 Å². The molecule has 1 aliphatic heterocycles. The second-order valence-electron chi connectivity index (χ2n) is 8.26. The molecule has 4 nitrogen and oxygen atoms in total. The summed E-state index contributed by atoms with van der Waals surface area (Å²) in [6.45, 7) is 9.07. The van der Waals surface area contributed by atoms with Gasteiger partial charge in [0.25, 0.3) is 0 Å². The Morgan fingerprint density at radius 2 is 1.68 bits per heavy atom. The first-order chi connectivity index (χ1) is 13.4. The van der Waals surface area contributed by atoms with Gasteiger partial charge in [-0.05, 0) is 43.2 Å². The molecule has 0 unspecified atom stereocenters. The highest BCUT2D eigenvalue weighted by atomic mass is 35.5. The summed E-state index contributed by atoms with van der Waals surface area (Å²) in [4.78, 5) is 4.27. The normalized spacial score (nSPS) is 18.2. The van der Waals surface area contributed by atoms with Gasteiger partial charge in [-0.1, -0.05) is 45.2 Å². The molecule has 1 atom stereocenters. The molecular weight excluding hydrogens is 389 g/mol. The minimum Gasteiger partial charge on any atom is -0.494 e. The SMILES string of the molecule is COc1ccc(Cl)cc1N=[P@](c1ccncc1)(N1CCCCCC1)C(C)(C)C. The van der Waals surface area contributed by atoms with E-state index in [1.165, 1.54) is 31.0 Å². The fraction of sp³-hybridized carbons (Fsp3) is 0.500. The Labute approximate surface area is 174 Å². The predicted molar refractivity (Wildman–Crippen MR) is 121 cm³/mol. The maximum Gasteiger partial charge on any atom is 0.144 e. The molecular formula is C22H31ClN3OP. The minimum atomic E-state index is -2.14. The number of rotatable bonds is 4. The Morgan fingerprint density at radius 3 is 2.25 bits per heavy atom. The van der Waals surface area contributed by atoms with E-state index in [0.29, 0.717) is 5.02 Å². The van der Waals surface area contributed by atoms with E-state index in [1.807, 2.05) is 30.6 Å². The Bertz CT molecular complexity index is 841. The summed E-state index contributed by atoms with van der Waals surface area (Å²) in [6.07, 6.45) is 8.78. The van der Waals surface area contributed by atoms with Crippen LogP contribution in [-0.2, 0) is 0 Å². The monoisotopic (exact) mass is 419 g/mol. The molecule has 28 heavy (non-hydrogen) atoms. The maximum absolute atomic E-state index is 6.35. The zero-order chi connectivity index (χ0) is 20.2. The van der Waals surface area contributed by atoms with E-state index in [1.54, 1.807) is 7.11 Å². The molecule has 0 aliphatic carbocycles. The summed E-state index contributed by atoms with van der Waals surface area (Å²) in [5, 5.41) is 1.89. The molecule has 3 rings (SSSR count). The van der Waals surface area contributed by atoms with Gasteiger partial charge in [-0.3, -0.25) is 9.65 Å². The fourth-order valence-corrected chi connectivity index (χ4v) is 8.58. The third-order valence-electron chi connectivity index (χ3n) is 5.34. The number of methoxy groups -OCH3 is 1. The quantitative estimate of drug-likeness (QED) is 0.531. The lowest BCUT2D eigenvalue weighted by Crippen LogP contribution is -2.37. The summed E-state index contributed by atoms with van der Waals surface area (Å²) < 4.78 is 13.8. The van der Waals surface area contributed by atoms with Gasteiger partial charge >= 0.3 is 0 Å². The van der Waals surface area contributed by atoms with Gasteiger partial charge in [-0.15, -0.1) is 0 Å². The average molecular weight is 420 g/mol. The van der Waals surface area contributed by atoms with Crippen molar-refractivity contribution in [3.8, 4) is 5.75 Å². The van der Waals surface area contributed by atoms with Crippen LogP contribution in [0.5, 0.6) is 5.75 Å². The van der Waals surface area contributed by atoms with Gasteiger partial charge in [-0.25, -0.2) is 4.74 Å². The first-order valence-electron chi connectivity index (χ1n) is 10.0. The van der Waals surface area contributed by atoms with Crippen molar-refractivity contribution in [2.45, 2.75) is 51.6 Å².